The SMILES string of the molecule is COC1(CCl)OCCO1. The Morgan fingerprint density at radius 2 is 2.11 bits per heavy atom. The van der Waals surface area contributed by atoms with Crippen LogP contribution >= 0.6 is 11.6 Å². The molecule has 0 amide bonds. The predicted molar refractivity (Wildman–Crippen MR) is 32.4 cm³/mol. The van der Waals surface area contributed by atoms with Crippen LogP contribution in [0.1, 0.15) is 0 Å². The Bertz CT molecular complexity index is 84.2. The van der Waals surface area contributed by atoms with Gasteiger partial charge in [0.2, 0.25) is 0 Å². The van der Waals surface area contributed by atoms with Gasteiger partial charge in [0.1, 0.15) is 5.88 Å². The largest absolute Gasteiger partial charge is 0.330 e. The minimum atomic E-state index is -0.957. The Morgan fingerprint density at radius 1 is 1.56 bits per heavy atom. The number of alkyl halides is 1. The molecule has 1 aliphatic rings. The van der Waals surface area contributed by atoms with Crippen molar-refractivity contribution in [2.45, 2.75) is 5.97 Å². The van der Waals surface area contributed by atoms with E-state index in [0.717, 1.165) is 0 Å². The number of hydrogen-bond acceptors (Lipinski definition) is 3. The summed E-state index contributed by atoms with van der Waals surface area (Å²) in [5.74, 6) is -0.745. The van der Waals surface area contributed by atoms with Crippen LogP contribution in [0.15, 0.2) is 0 Å². The molecule has 9 heavy (non-hydrogen) atoms. The second-order valence-corrected chi connectivity index (χ2v) is 1.98. The Labute approximate surface area is 58.8 Å². The van der Waals surface area contributed by atoms with E-state index in [4.69, 9.17) is 25.8 Å². The van der Waals surface area contributed by atoms with Crippen LogP contribution in [0, 0.1) is 0 Å². The molecule has 1 fully saturated rings. The van der Waals surface area contributed by atoms with Crippen LogP contribution in [-0.2, 0) is 14.2 Å². The third-order valence-corrected chi connectivity index (χ3v) is 1.53. The molecule has 0 aromatic rings. The molecule has 0 spiro atoms. The maximum atomic E-state index is 5.49. The van der Waals surface area contributed by atoms with Crippen LogP contribution in [0.2, 0.25) is 0 Å². The van der Waals surface area contributed by atoms with Gasteiger partial charge in [-0.05, 0) is 0 Å². The minimum absolute atomic E-state index is 0.212. The van der Waals surface area contributed by atoms with E-state index in [-0.39, 0.29) is 5.88 Å². The number of rotatable bonds is 2. The van der Waals surface area contributed by atoms with Crippen LogP contribution in [0.25, 0.3) is 0 Å². The maximum Gasteiger partial charge on any atom is 0.297 e. The van der Waals surface area contributed by atoms with Crippen LogP contribution in [0.3, 0.4) is 0 Å². The van der Waals surface area contributed by atoms with Crippen molar-refractivity contribution in [3.8, 4) is 0 Å². The third-order valence-electron chi connectivity index (χ3n) is 1.20. The van der Waals surface area contributed by atoms with Gasteiger partial charge in [0, 0.05) is 7.11 Å². The lowest BCUT2D eigenvalue weighted by molar-refractivity contribution is -0.303. The van der Waals surface area contributed by atoms with E-state index in [2.05, 4.69) is 0 Å². The maximum absolute atomic E-state index is 5.49. The molecule has 0 aliphatic carbocycles. The van der Waals surface area contributed by atoms with Crippen LogP contribution in [-0.4, -0.2) is 32.2 Å². The van der Waals surface area contributed by atoms with E-state index in [9.17, 15) is 0 Å². The molecule has 1 rings (SSSR count). The van der Waals surface area contributed by atoms with E-state index < -0.39 is 5.97 Å². The third kappa shape index (κ3) is 1.35. The number of methoxy groups -OCH3 is 1. The normalized spacial score (nSPS) is 24.7. The fourth-order valence-corrected chi connectivity index (χ4v) is 0.949. The molecule has 54 valence electrons. The summed E-state index contributed by atoms with van der Waals surface area (Å²) in [5.41, 5.74) is 0. The fourth-order valence-electron chi connectivity index (χ4n) is 0.686. The minimum Gasteiger partial charge on any atom is -0.330 e. The van der Waals surface area contributed by atoms with Gasteiger partial charge in [0.25, 0.3) is 5.97 Å². The molecule has 0 saturated carbocycles. The molecule has 0 atom stereocenters. The first kappa shape index (κ1) is 7.28. The molecule has 0 unspecified atom stereocenters. The smallest absolute Gasteiger partial charge is 0.297 e. The fraction of sp³-hybridized carbons (Fsp3) is 1.00. The number of ether oxygens (including phenoxy) is 3. The Kier molecular flexibility index (Phi) is 2.29. The lowest BCUT2D eigenvalue weighted by atomic mass is 10.6. The molecule has 0 radical (unpaired) electrons. The predicted octanol–water partition coefficient (Wildman–Crippen LogP) is 0.572. The molecule has 0 aromatic heterocycles. The van der Waals surface area contributed by atoms with Gasteiger partial charge in [-0.15, -0.1) is 11.6 Å². The van der Waals surface area contributed by atoms with Gasteiger partial charge < -0.3 is 14.2 Å². The van der Waals surface area contributed by atoms with E-state index in [0.29, 0.717) is 13.2 Å². The highest BCUT2D eigenvalue weighted by Gasteiger charge is 2.35. The number of halogens is 1. The van der Waals surface area contributed by atoms with Gasteiger partial charge in [-0.1, -0.05) is 0 Å². The number of hydrogen-bond donors (Lipinski definition) is 0. The van der Waals surface area contributed by atoms with E-state index in [1.807, 2.05) is 0 Å². The molecular formula is C5H9ClO3. The second kappa shape index (κ2) is 2.84. The zero-order valence-corrected chi connectivity index (χ0v) is 5.98. The summed E-state index contributed by atoms with van der Waals surface area (Å²) in [4.78, 5) is 0. The van der Waals surface area contributed by atoms with Crippen molar-refractivity contribution >= 4 is 11.6 Å². The molecule has 0 bridgehead atoms. The van der Waals surface area contributed by atoms with Crippen molar-refractivity contribution < 1.29 is 14.2 Å². The lowest BCUT2D eigenvalue weighted by Crippen LogP contribution is -2.34. The van der Waals surface area contributed by atoms with Crippen molar-refractivity contribution in [2.24, 2.45) is 0 Å². The molecule has 1 aliphatic heterocycles. The summed E-state index contributed by atoms with van der Waals surface area (Å²) in [5, 5.41) is 0. The molecule has 4 heteroatoms. The van der Waals surface area contributed by atoms with Crippen molar-refractivity contribution in [2.75, 3.05) is 26.2 Å². The van der Waals surface area contributed by atoms with Crippen LogP contribution in [0.4, 0.5) is 0 Å². The lowest BCUT2D eigenvalue weighted by Gasteiger charge is -2.21. The summed E-state index contributed by atoms with van der Waals surface area (Å²) in [6.07, 6.45) is 0. The van der Waals surface area contributed by atoms with E-state index >= 15 is 0 Å². The summed E-state index contributed by atoms with van der Waals surface area (Å²) in [7, 11) is 1.51. The van der Waals surface area contributed by atoms with Gasteiger partial charge in [0.15, 0.2) is 0 Å². The highest BCUT2D eigenvalue weighted by Crippen LogP contribution is 2.20. The Balaban J connectivity index is 2.45. The highest BCUT2D eigenvalue weighted by molar-refractivity contribution is 6.18. The monoisotopic (exact) mass is 152 g/mol. The molecule has 0 aromatic carbocycles. The summed E-state index contributed by atoms with van der Waals surface area (Å²) in [6.45, 7) is 1.11. The van der Waals surface area contributed by atoms with Crippen molar-refractivity contribution in [3.63, 3.8) is 0 Å². The zero-order chi connectivity index (χ0) is 6.74. The van der Waals surface area contributed by atoms with E-state index in [1.165, 1.54) is 7.11 Å². The second-order valence-electron chi connectivity index (χ2n) is 1.72. The highest BCUT2D eigenvalue weighted by atomic mass is 35.5. The Hall–Kier alpha value is 0.170. The van der Waals surface area contributed by atoms with Gasteiger partial charge in [-0.2, -0.15) is 0 Å². The topological polar surface area (TPSA) is 27.7 Å². The van der Waals surface area contributed by atoms with Gasteiger partial charge in [0.05, 0.1) is 13.2 Å². The standard InChI is InChI=1S/C5H9ClO3/c1-7-5(4-6)8-2-3-9-5/h2-4H2,1H3. The van der Waals surface area contributed by atoms with Crippen LogP contribution < -0.4 is 0 Å². The van der Waals surface area contributed by atoms with Gasteiger partial charge in [-0.25, -0.2) is 0 Å². The summed E-state index contributed by atoms with van der Waals surface area (Å²) in [6, 6.07) is 0. The van der Waals surface area contributed by atoms with Crippen molar-refractivity contribution in [3.05, 3.63) is 0 Å². The summed E-state index contributed by atoms with van der Waals surface area (Å²) < 4.78 is 15.0. The van der Waals surface area contributed by atoms with E-state index in [1.54, 1.807) is 0 Å². The van der Waals surface area contributed by atoms with Gasteiger partial charge in [-0.3, -0.25) is 0 Å². The van der Waals surface area contributed by atoms with Crippen molar-refractivity contribution in [1.29, 1.82) is 0 Å². The Morgan fingerprint density at radius 3 is 2.33 bits per heavy atom. The van der Waals surface area contributed by atoms with Gasteiger partial charge >= 0.3 is 0 Å². The molecule has 0 N–H and O–H groups in total. The van der Waals surface area contributed by atoms with Crippen molar-refractivity contribution in [1.82, 2.24) is 0 Å². The van der Waals surface area contributed by atoms with Crippen LogP contribution in [0.5, 0.6) is 0 Å². The molecule has 1 saturated heterocycles. The zero-order valence-electron chi connectivity index (χ0n) is 5.22. The quantitative estimate of drug-likeness (QED) is 0.542. The first-order valence-corrected chi connectivity index (χ1v) is 3.25. The molecule has 1 heterocycles. The molecular weight excluding hydrogens is 144 g/mol. The first-order chi connectivity index (χ1) is 4.33. The average molecular weight is 153 g/mol. The molecule has 3 nitrogen and oxygen atoms in total. The first-order valence-electron chi connectivity index (χ1n) is 2.72. The average Bonchev–Trinajstić information content (AvgIpc) is 2.36. The summed E-state index contributed by atoms with van der Waals surface area (Å²) >= 11 is 5.49.